The predicted octanol–water partition coefficient (Wildman–Crippen LogP) is 2.85. The maximum atomic E-state index is 5.10. The van der Waals surface area contributed by atoms with Gasteiger partial charge in [-0.1, -0.05) is 18.2 Å². The van der Waals surface area contributed by atoms with E-state index in [1.54, 1.807) is 7.11 Å². The summed E-state index contributed by atoms with van der Waals surface area (Å²) >= 11 is 1.81. The normalized spacial score (nSPS) is 15.7. The Morgan fingerprint density at radius 2 is 2.07 bits per heavy atom. The zero-order chi connectivity index (χ0) is 10.5. The number of hydrogen-bond donors (Lipinski definition) is 0. The molecule has 2 nitrogen and oxygen atoms in total. The van der Waals surface area contributed by atoms with Crippen LogP contribution in [-0.4, -0.2) is 24.5 Å². The van der Waals surface area contributed by atoms with E-state index in [9.17, 15) is 0 Å². The Morgan fingerprint density at radius 3 is 2.67 bits per heavy atom. The lowest BCUT2D eigenvalue weighted by Gasteiger charge is -1.98. The van der Waals surface area contributed by atoms with Gasteiger partial charge in [-0.05, 0) is 23.8 Å². The molecule has 78 valence electrons. The summed E-state index contributed by atoms with van der Waals surface area (Å²) < 4.78 is 5.10. The molecular weight excluding hydrogens is 206 g/mol. The van der Waals surface area contributed by atoms with E-state index in [2.05, 4.69) is 17.1 Å². The minimum Gasteiger partial charge on any atom is -0.497 e. The van der Waals surface area contributed by atoms with Crippen molar-refractivity contribution in [2.75, 3.05) is 19.4 Å². The van der Waals surface area contributed by atoms with Crippen LogP contribution < -0.4 is 4.74 Å². The highest BCUT2D eigenvalue weighted by molar-refractivity contribution is 8.14. The molecule has 0 fully saturated rings. The summed E-state index contributed by atoms with van der Waals surface area (Å²) in [5, 5.41) is 1.13. The summed E-state index contributed by atoms with van der Waals surface area (Å²) in [5.74, 6) is 2.00. The third kappa shape index (κ3) is 2.86. The lowest BCUT2D eigenvalue weighted by molar-refractivity contribution is 0.415. The zero-order valence-corrected chi connectivity index (χ0v) is 9.46. The van der Waals surface area contributed by atoms with E-state index in [4.69, 9.17) is 4.74 Å². The minimum absolute atomic E-state index is 0.889. The van der Waals surface area contributed by atoms with Crippen LogP contribution in [-0.2, 0) is 0 Å². The first-order valence-corrected chi connectivity index (χ1v) is 5.86. The van der Waals surface area contributed by atoms with Crippen molar-refractivity contribution in [1.29, 1.82) is 0 Å². The second kappa shape index (κ2) is 5.03. The van der Waals surface area contributed by atoms with Crippen molar-refractivity contribution in [2.45, 2.75) is 0 Å². The van der Waals surface area contributed by atoms with Gasteiger partial charge in [0.1, 0.15) is 5.75 Å². The van der Waals surface area contributed by atoms with Crippen molar-refractivity contribution in [2.24, 2.45) is 4.99 Å². The molecule has 0 atom stereocenters. The second-order valence-electron chi connectivity index (χ2n) is 3.17. The van der Waals surface area contributed by atoms with E-state index in [0.717, 1.165) is 23.1 Å². The van der Waals surface area contributed by atoms with Gasteiger partial charge in [-0.2, -0.15) is 0 Å². The zero-order valence-electron chi connectivity index (χ0n) is 8.64. The fourth-order valence-electron chi connectivity index (χ4n) is 1.34. The number of aliphatic imine (C=N–C) groups is 1. The maximum absolute atomic E-state index is 5.10. The first kappa shape index (κ1) is 10.3. The summed E-state index contributed by atoms with van der Waals surface area (Å²) in [7, 11) is 1.68. The predicted molar refractivity (Wildman–Crippen MR) is 66.8 cm³/mol. The second-order valence-corrected chi connectivity index (χ2v) is 4.29. The Morgan fingerprint density at radius 1 is 1.27 bits per heavy atom. The lowest BCUT2D eigenvalue weighted by atomic mass is 10.2. The standard InChI is InChI=1S/C12H13NOS/c1-14-11-5-2-10(3-6-11)4-7-12-13-8-9-15-12/h2-7H,8-9H2,1H3/b7-4+. The first-order chi connectivity index (χ1) is 7.38. The molecule has 2 rings (SSSR count). The number of rotatable bonds is 3. The molecule has 0 aromatic heterocycles. The Bertz CT molecular complexity index is 381. The van der Waals surface area contributed by atoms with E-state index in [-0.39, 0.29) is 0 Å². The molecule has 3 heteroatoms. The van der Waals surface area contributed by atoms with E-state index in [1.807, 2.05) is 36.0 Å². The lowest BCUT2D eigenvalue weighted by Crippen LogP contribution is -1.82. The van der Waals surface area contributed by atoms with Gasteiger partial charge in [0.05, 0.1) is 12.2 Å². The summed E-state index contributed by atoms with van der Waals surface area (Å²) in [6.07, 6.45) is 4.15. The quantitative estimate of drug-likeness (QED) is 0.779. The topological polar surface area (TPSA) is 21.6 Å². The van der Waals surface area contributed by atoms with Gasteiger partial charge in [-0.25, -0.2) is 0 Å². The van der Waals surface area contributed by atoms with E-state index in [0.29, 0.717) is 0 Å². The van der Waals surface area contributed by atoms with Crippen molar-refractivity contribution in [3.05, 3.63) is 35.9 Å². The van der Waals surface area contributed by atoms with Gasteiger partial charge in [0.25, 0.3) is 0 Å². The van der Waals surface area contributed by atoms with Gasteiger partial charge in [0.2, 0.25) is 0 Å². The molecule has 0 N–H and O–H groups in total. The molecule has 0 spiro atoms. The van der Waals surface area contributed by atoms with Crippen LogP contribution in [0.2, 0.25) is 0 Å². The highest BCUT2D eigenvalue weighted by Gasteiger charge is 2.01. The fraction of sp³-hybridized carbons (Fsp3) is 0.250. The van der Waals surface area contributed by atoms with Crippen LogP contribution in [0.3, 0.4) is 0 Å². The number of nitrogens with zero attached hydrogens (tertiary/aromatic N) is 1. The molecule has 1 aliphatic rings. The molecule has 0 saturated carbocycles. The maximum Gasteiger partial charge on any atom is 0.118 e. The fourth-order valence-corrected chi connectivity index (χ4v) is 2.07. The van der Waals surface area contributed by atoms with Crippen LogP contribution in [0.1, 0.15) is 5.56 Å². The monoisotopic (exact) mass is 219 g/mol. The number of ether oxygens (including phenoxy) is 1. The molecule has 1 aliphatic heterocycles. The number of benzene rings is 1. The minimum atomic E-state index is 0.889. The molecule has 0 saturated heterocycles. The van der Waals surface area contributed by atoms with Crippen LogP contribution in [0.15, 0.2) is 35.3 Å². The molecule has 0 radical (unpaired) electrons. The number of methoxy groups -OCH3 is 1. The number of hydrogen-bond acceptors (Lipinski definition) is 3. The SMILES string of the molecule is COc1ccc(/C=C/C2=NCCS2)cc1. The molecular formula is C12H13NOS. The van der Waals surface area contributed by atoms with Crippen LogP contribution >= 0.6 is 11.8 Å². The summed E-state index contributed by atoms with van der Waals surface area (Å²) in [6.45, 7) is 0.951. The van der Waals surface area contributed by atoms with Gasteiger partial charge in [-0.15, -0.1) is 11.8 Å². The van der Waals surface area contributed by atoms with Crippen LogP contribution in [0.5, 0.6) is 5.75 Å². The average Bonchev–Trinajstić information content (AvgIpc) is 2.80. The molecule has 1 heterocycles. The highest BCUT2D eigenvalue weighted by Crippen LogP contribution is 2.16. The van der Waals surface area contributed by atoms with Crippen molar-refractivity contribution in [1.82, 2.24) is 0 Å². The number of thioether (sulfide) groups is 1. The largest absolute Gasteiger partial charge is 0.497 e. The highest BCUT2D eigenvalue weighted by atomic mass is 32.2. The van der Waals surface area contributed by atoms with Gasteiger partial charge in [-0.3, -0.25) is 4.99 Å². The molecule has 0 unspecified atom stereocenters. The molecule has 0 aliphatic carbocycles. The molecule has 15 heavy (non-hydrogen) atoms. The molecule has 0 amide bonds. The molecule has 1 aromatic carbocycles. The summed E-state index contributed by atoms with van der Waals surface area (Å²) in [6, 6.07) is 8.00. The average molecular weight is 219 g/mol. The molecule has 1 aromatic rings. The first-order valence-electron chi connectivity index (χ1n) is 4.88. The van der Waals surface area contributed by atoms with Crippen molar-refractivity contribution >= 4 is 22.9 Å². The van der Waals surface area contributed by atoms with Crippen LogP contribution in [0.4, 0.5) is 0 Å². The van der Waals surface area contributed by atoms with Gasteiger partial charge in [0.15, 0.2) is 0 Å². The van der Waals surface area contributed by atoms with Crippen LogP contribution in [0, 0.1) is 0 Å². The Labute approximate surface area is 94.1 Å². The van der Waals surface area contributed by atoms with Crippen molar-refractivity contribution in [3.63, 3.8) is 0 Å². The van der Waals surface area contributed by atoms with Crippen molar-refractivity contribution < 1.29 is 4.74 Å². The van der Waals surface area contributed by atoms with Gasteiger partial charge in [0, 0.05) is 12.3 Å². The third-order valence-corrected chi connectivity index (χ3v) is 3.09. The third-order valence-electron chi connectivity index (χ3n) is 2.14. The Hall–Kier alpha value is -1.22. The molecule has 0 bridgehead atoms. The van der Waals surface area contributed by atoms with Crippen LogP contribution in [0.25, 0.3) is 6.08 Å². The summed E-state index contributed by atoms with van der Waals surface area (Å²) in [5.41, 5.74) is 1.17. The van der Waals surface area contributed by atoms with E-state index < -0.39 is 0 Å². The van der Waals surface area contributed by atoms with Gasteiger partial charge < -0.3 is 4.74 Å². The smallest absolute Gasteiger partial charge is 0.118 e. The van der Waals surface area contributed by atoms with E-state index in [1.165, 1.54) is 5.56 Å². The van der Waals surface area contributed by atoms with E-state index >= 15 is 0 Å². The summed E-state index contributed by atoms with van der Waals surface area (Å²) in [4.78, 5) is 4.35. The van der Waals surface area contributed by atoms with Crippen molar-refractivity contribution in [3.8, 4) is 5.75 Å². The Kier molecular flexibility index (Phi) is 3.45. The van der Waals surface area contributed by atoms with Gasteiger partial charge >= 0.3 is 0 Å². The Balaban J connectivity index is 2.03.